The average molecular weight is 303 g/mol. The summed E-state index contributed by atoms with van der Waals surface area (Å²) in [5.74, 6) is -0.723. The van der Waals surface area contributed by atoms with E-state index >= 15 is 0 Å². The van der Waals surface area contributed by atoms with Gasteiger partial charge in [-0.05, 0) is 36.8 Å². The molecule has 1 rings (SSSR count). The van der Waals surface area contributed by atoms with Gasteiger partial charge in [-0.25, -0.2) is 9.59 Å². The number of carboxylic acid groups (broad SMARTS) is 1. The Hall–Kier alpha value is -1.40. The van der Waals surface area contributed by atoms with E-state index in [1.807, 2.05) is 6.92 Å². The van der Waals surface area contributed by atoms with Crippen LogP contribution in [0.2, 0.25) is 5.02 Å². The van der Waals surface area contributed by atoms with Gasteiger partial charge in [-0.15, -0.1) is 0 Å². The Kier molecular flexibility index (Phi) is 5.98. The van der Waals surface area contributed by atoms with Crippen LogP contribution in [0.5, 0.6) is 0 Å². The summed E-state index contributed by atoms with van der Waals surface area (Å²) in [6.07, 6.45) is 0.251. The van der Waals surface area contributed by atoms with Crippen LogP contribution < -0.4 is 10.6 Å². The summed E-state index contributed by atoms with van der Waals surface area (Å²) in [7, 11) is 0. The third-order valence-electron chi connectivity index (χ3n) is 2.45. The van der Waals surface area contributed by atoms with Gasteiger partial charge in [0, 0.05) is 10.7 Å². The van der Waals surface area contributed by atoms with Gasteiger partial charge in [0.2, 0.25) is 0 Å². The minimum atomic E-state index is -1.09. The highest BCUT2D eigenvalue weighted by molar-refractivity contribution is 7.80. The van der Waals surface area contributed by atoms with E-state index in [1.54, 1.807) is 18.2 Å². The molecule has 0 heterocycles. The number of aryl methyl sites for hydroxylation is 1. The fourth-order valence-corrected chi connectivity index (χ4v) is 1.82. The molecule has 0 spiro atoms. The first kappa shape index (κ1) is 15.7. The van der Waals surface area contributed by atoms with Gasteiger partial charge >= 0.3 is 12.0 Å². The molecule has 5 nitrogen and oxygen atoms in total. The van der Waals surface area contributed by atoms with Gasteiger partial charge in [-0.2, -0.15) is 12.6 Å². The van der Waals surface area contributed by atoms with Gasteiger partial charge < -0.3 is 15.7 Å². The quantitative estimate of drug-likeness (QED) is 0.631. The van der Waals surface area contributed by atoms with Crippen LogP contribution in [0.1, 0.15) is 12.0 Å². The lowest BCUT2D eigenvalue weighted by atomic mass is 10.2. The molecule has 19 heavy (non-hydrogen) atoms. The van der Waals surface area contributed by atoms with E-state index in [4.69, 9.17) is 16.7 Å². The summed E-state index contributed by atoms with van der Waals surface area (Å²) in [5, 5.41) is 14.3. The largest absolute Gasteiger partial charge is 0.480 e. The Balaban J connectivity index is 2.63. The van der Waals surface area contributed by atoms with E-state index in [-0.39, 0.29) is 6.42 Å². The second-order valence-corrected chi connectivity index (χ2v) is 4.82. The number of amides is 2. The van der Waals surface area contributed by atoms with Gasteiger partial charge in [0.1, 0.15) is 6.04 Å². The molecule has 0 aliphatic heterocycles. The minimum Gasteiger partial charge on any atom is -0.480 e. The summed E-state index contributed by atoms with van der Waals surface area (Å²) in [5.41, 5.74) is 1.40. The molecule has 7 heteroatoms. The Bertz CT molecular complexity index is 482. The van der Waals surface area contributed by atoms with Crippen molar-refractivity contribution in [1.82, 2.24) is 5.32 Å². The smallest absolute Gasteiger partial charge is 0.326 e. The molecule has 0 saturated carbocycles. The third kappa shape index (κ3) is 5.00. The standard InChI is InChI=1S/C12H15ClN2O3S/c1-7-2-3-8(6-9(7)13)14-12(18)15-10(4-5-19)11(16)17/h2-3,6,10,19H,4-5H2,1H3,(H,16,17)(H2,14,15,18). The number of rotatable bonds is 5. The Morgan fingerprint density at radius 3 is 2.68 bits per heavy atom. The molecule has 1 atom stereocenters. The molecule has 1 unspecified atom stereocenters. The lowest BCUT2D eigenvalue weighted by molar-refractivity contribution is -0.139. The number of halogens is 1. The molecule has 0 aliphatic carbocycles. The van der Waals surface area contributed by atoms with Crippen LogP contribution in [0.25, 0.3) is 0 Å². The van der Waals surface area contributed by atoms with Crippen LogP contribution in [0.3, 0.4) is 0 Å². The van der Waals surface area contributed by atoms with Crippen molar-refractivity contribution in [2.45, 2.75) is 19.4 Å². The lowest BCUT2D eigenvalue weighted by Crippen LogP contribution is -2.43. The zero-order chi connectivity index (χ0) is 14.4. The van der Waals surface area contributed by atoms with E-state index in [1.165, 1.54) is 0 Å². The van der Waals surface area contributed by atoms with Crippen LogP contribution in [0.4, 0.5) is 10.5 Å². The summed E-state index contributed by atoms with van der Waals surface area (Å²) >= 11 is 9.88. The molecule has 0 radical (unpaired) electrons. The molecular formula is C12H15ClN2O3S. The number of carbonyl (C=O) groups excluding carboxylic acids is 1. The number of carbonyl (C=O) groups is 2. The number of benzene rings is 1. The van der Waals surface area contributed by atoms with Crippen molar-refractivity contribution in [3.63, 3.8) is 0 Å². The van der Waals surface area contributed by atoms with E-state index in [0.717, 1.165) is 5.56 Å². The molecule has 0 bridgehead atoms. The number of carboxylic acids is 1. The summed E-state index contributed by atoms with van der Waals surface area (Å²) in [4.78, 5) is 22.5. The van der Waals surface area contributed by atoms with Crippen molar-refractivity contribution in [2.24, 2.45) is 0 Å². The Morgan fingerprint density at radius 1 is 1.47 bits per heavy atom. The van der Waals surface area contributed by atoms with E-state index in [0.29, 0.717) is 16.5 Å². The van der Waals surface area contributed by atoms with Crippen molar-refractivity contribution in [3.8, 4) is 0 Å². The summed E-state index contributed by atoms with van der Waals surface area (Å²) in [6.45, 7) is 1.85. The predicted molar refractivity (Wildman–Crippen MR) is 78.2 cm³/mol. The first-order valence-electron chi connectivity index (χ1n) is 5.61. The Labute approximate surface area is 121 Å². The third-order valence-corrected chi connectivity index (χ3v) is 3.12. The maximum absolute atomic E-state index is 11.6. The minimum absolute atomic E-state index is 0.251. The second kappa shape index (κ2) is 7.25. The number of hydrogen-bond acceptors (Lipinski definition) is 3. The highest BCUT2D eigenvalue weighted by Crippen LogP contribution is 2.19. The number of hydrogen-bond donors (Lipinski definition) is 4. The number of aliphatic carboxylic acids is 1. The van der Waals surface area contributed by atoms with Crippen LogP contribution in [0.15, 0.2) is 18.2 Å². The van der Waals surface area contributed by atoms with Crippen molar-refractivity contribution in [2.75, 3.05) is 11.1 Å². The van der Waals surface area contributed by atoms with E-state index in [2.05, 4.69) is 23.3 Å². The SMILES string of the molecule is Cc1ccc(NC(=O)NC(CCS)C(=O)O)cc1Cl. The highest BCUT2D eigenvalue weighted by atomic mass is 35.5. The lowest BCUT2D eigenvalue weighted by Gasteiger charge is -2.14. The molecule has 3 N–H and O–H groups in total. The van der Waals surface area contributed by atoms with Crippen molar-refractivity contribution >= 4 is 41.9 Å². The van der Waals surface area contributed by atoms with Crippen LogP contribution in [-0.2, 0) is 4.79 Å². The summed E-state index contributed by atoms with van der Waals surface area (Å²) in [6, 6.07) is 3.51. The van der Waals surface area contributed by atoms with Gasteiger partial charge in [0.15, 0.2) is 0 Å². The average Bonchev–Trinajstić information content (AvgIpc) is 2.33. The van der Waals surface area contributed by atoms with Crippen molar-refractivity contribution < 1.29 is 14.7 Å². The number of nitrogens with one attached hydrogen (secondary N) is 2. The maximum Gasteiger partial charge on any atom is 0.326 e. The topological polar surface area (TPSA) is 78.4 Å². The number of thiol groups is 1. The highest BCUT2D eigenvalue weighted by Gasteiger charge is 2.18. The van der Waals surface area contributed by atoms with Crippen molar-refractivity contribution in [1.29, 1.82) is 0 Å². The molecular weight excluding hydrogens is 288 g/mol. The molecule has 0 fully saturated rings. The first-order valence-corrected chi connectivity index (χ1v) is 6.62. The maximum atomic E-state index is 11.6. The Morgan fingerprint density at radius 2 is 2.16 bits per heavy atom. The number of anilines is 1. The molecule has 0 saturated heterocycles. The van der Waals surface area contributed by atoms with Crippen LogP contribution in [-0.4, -0.2) is 28.9 Å². The number of urea groups is 1. The first-order chi connectivity index (χ1) is 8.93. The zero-order valence-corrected chi connectivity index (χ0v) is 12.0. The van der Waals surface area contributed by atoms with E-state index < -0.39 is 18.0 Å². The van der Waals surface area contributed by atoms with Gasteiger partial charge in [0.05, 0.1) is 0 Å². The van der Waals surface area contributed by atoms with E-state index in [9.17, 15) is 9.59 Å². The monoisotopic (exact) mass is 302 g/mol. The molecule has 0 aromatic heterocycles. The fraction of sp³-hybridized carbons (Fsp3) is 0.333. The van der Waals surface area contributed by atoms with Crippen LogP contribution >= 0.6 is 24.2 Å². The van der Waals surface area contributed by atoms with Gasteiger partial charge in [-0.1, -0.05) is 17.7 Å². The fourth-order valence-electron chi connectivity index (χ4n) is 1.38. The molecule has 2 amide bonds. The van der Waals surface area contributed by atoms with Crippen LogP contribution in [0, 0.1) is 6.92 Å². The molecule has 1 aromatic carbocycles. The van der Waals surface area contributed by atoms with Gasteiger partial charge in [-0.3, -0.25) is 0 Å². The predicted octanol–water partition coefficient (Wildman–Crippen LogP) is 2.54. The molecule has 1 aromatic rings. The zero-order valence-electron chi connectivity index (χ0n) is 10.3. The molecule has 104 valence electrons. The second-order valence-electron chi connectivity index (χ2n) is 3.97. The summed E-state index contributed by atoms with van der Waals surface area (Å²) < 4.78 is 0. The molecule has 0 aliphatic rings. The normalized spacial score (nSPS) is 11.7. The van der Waals surface area contributed by atoms with Gasteiger partial charge in [0.25, 0.3) is 0 Å². The van der Waals surface area contributed by atoms with Crippen molar-refractivity contribution in [3.05, 3.63) is 28.8 Å².